The van der Waals surface area contributed by atoms with Gasteiger partial charge in [0.2, 0.25) is 5.95 Å². The van der Waals surface area contributed by atoms with E-state index in [2.05, 4.69) is 20.2 Å². The highest BCUT2D eigenvalue weighted by Crippen LogP contribution is 2.37. The molecule has 0 radical (unpaired) electrons. The number of carboxylic acid groups (broad SMARTS) is 1. The van der Waals surface area contributed by atoms with E-state index in [1.54, 1.807) is 0 Å². The summed E-state index contributed by atoms with van der Waals surface area (Å²) >= 11 is 0. The van der Waals surface area contributed by atoms with Gasteiger partial charge >= 0.3 is 5.97 Å². The lowest BCUT2D eigenvalue weighted by atomic mass is 10.1. The molecule has 1 saturated heterocycles. The first-order chi connectivity index (χ1) is 14.3. The van der Waals surface area contributed by atoms with Crippen molar-refractivity contribution in [2.75, 3.05) is 36.5 Å². The van der Waals surface area contributed by atoms with Gasteiger partial charge in [0.25, 0.3) is 0 Å². The standard InChI is InChI=1S/C13H22N6.C7H6O4/c1-16-9-4-5-19(7-9)12-10(6-8-2-3-8)11(14)17-13(15)18-12;8-4-1-2-6(9)5(3-4)7(10)11/h8-9,16H,2-7H2,1H3,(H4,14,15,17,18);1-3,8-9H,(H,10,11)/t9-;/m1./s1. The van der Waals surface area contributed by atoms with Gasteiger partial charge < -0.3 is 37.0 Å². The Morgan fingerprint density at radius 2 is 1.97 bits per heavy atom. The summed E-state index contributed by atoms with van der Waals surface area (Å²) in [5.74, 6) is 0.752. The molecule has 8 N–H and O–H groups in total. The van der Waals surface area contributed by atoms with Gasteiger partial charge in [-0.15, -0.1) is 0 Å². The third kappa shape index (κ3) is 5.20. The average Bonchev–Trinajstić information content (AvgIpc) is 3.39. The van der Waals surface area contributed by atoms with Crippen LogP contribution >= 0.6 is 0 Å². The van der Waals surface area contributed by atoms with Crippen molar-refractivity contribution < 1.29 is 20.1 Å². The van der Waals surface area contributed by atoms with Gasteiger partial charge in [0, 0.05) is 24.7 Å². The summed E-state index contributed by atoms with van der Waals surface area (Å²) < 4.78 is 0. The van der Waals surface area contributed by atoms with Crippen molar-refractivity contribution in [1.82, 2.24) is 15.3 Å². The predicted molar refractivity (Wildman–Crippen MR) is 114 cm³/mol. The largest absolute Gasteiger partial charge is 0.508 e. The van der Waals surface area contributed by atoms with E-state index in [4.69, 9.17) is 26.8 Å². The summed E-state index contributed by atoms with van der Waals surface area (Å²) in [4.78, 5) is 21.2. The quantitative estimate of drug-likeness (QED) is 0.389. The summed E-state index contributed by atoms with van der Waals surface area (Å²) in [6, 6.07) is 3.84. The number of nitrogens with zero attached hydrogens (tertiary/aromatic N) is 3. The third-order valence-corrected chi connectivity index (χ3v) is 5.33. The molecule has 0 spiro atoms. The molecule has 0 amide bonds. The van der Waals surface area contributed by atoms with Crippen LogP contribution in [0.25, 0.3) is 0 Å². The average molecular weight is 416 g/mol. The van der Waals surface area contributed by atoms with Gasteiger partial charge in [-0.25, -0.2) is 4.79 Å². The number of rotatable bonds is 5. The molecule has 0 bridgehead atoms. The van der Waals surface area contributed by atoms with Crippen molar-refractivity contribution in [1.29, 1.82) is 0 Å². The van der Waals surface area contributed by atoms with Gasteiger partial charge in [0.05, 0.1) is 0 Å². The van der Waals surface area contributed by atoms with E-state index in [1.165, 1.54) is 18.9 Å². The fourth-order valence-corrected chi connectivity index (χ4v) is 3.46. The Bertz CT molecular complexity index is 918. The van der Waals surface area contributed by atoms with Crippen LogP contribution in [0.1, 0.15) is 35.2 Å². The molecular formula is C20H28N6O4. The number of anilines is 3. The number of likely N-dealkylation sites (N-methyl/N-ethyl adjacent to an activating group) is 1. The third-order valence-electron chi connectivity index (χ3n) is 5.33. The number of aromatic hydroxyl groups is 2. The summed E-state index contributed by atoms with van der Waals surface area (Å²) in [5, 5.41) is 29.5. The second-order valence-electron chi connectivity index (χ2n) is 7.64. The fourth-order valence-electron chi connectivity index (χ4n) is 3.46. The molecule has 1 aromatic carbocycles. The van der Waals surface area contributed by atoms with E-state index in [0.29, 0.717) is 11.9 Å². The monoisotopic (exact) mass is 416 g/mol. The number of nitrogen functional groups attached to an aromatic ring is 2. The maximum absolute atomic E-state index is 10.3. The summed E-state index contributed by atoms with van der Waals surface area (Å²) in [7, 11) is 2.00. The van der Waals surface area contributed by atoms with Crippen molar-refractivity contribution in [2.45, 2.75) is 31.7 Å². The van der Waals surface area contributed by atoms with Crippen molar-refractivity contribution in [3.63, 3.8) is 0 Å². The Balaban J connectivity index is 0.000000199. The maximum atomic E-state index is 10.3. The van der Waals surface area contributed by atoms with Crippen LogP contribution < -0.4 is 21.7 Å². The molecule has 2 fully saturated rings. The highest BCUT2D eigenvalue weighted by atomic mass is 16.4. The lowest BCUT2D eigenvalue weighted by Gasteiger charge is -2.22. The van der Waals surface area contributed by atoms with Crippen LogP contribution in [0.5, 0.6) is 11.5 Å². The van der Waals surface area contributed by atoms with Gasteiger partial charge in [-0.3, -0.25) is 0 Å². The SMILES string of the molecule is CN[C@@H]1CCN(c2nc(N)nc(N)c2CC2CC2)C1.O=C(O)c1cc(O)ccc1O. The zero-order valence-electron chi connectivity index (χ0n) is 16.9. The zero-order chi connectivity index (χ0) is 21.8. The Kier molecular flexibility index (Phi) is 6.46. The number of phenolic OH excluding ortho intramolecular Hbond substituents is 1. The molecule has 1 saturated carbocycles. The number of aromatic carboxylic acids is 1. The number of carbonyl (C=O) groups is 1. The van der Waals surface area contributed by atoms with Crippen molar-refractivity contribution >= 4 is 23.6 Å². The second-order valence-corrected chi connectivity index (χ2v) is 7.64. The van der Waals surface area contributed by atoms with Gasteiger partial charge in [0.1, 0.15) is 28.7 Å². The molecule has 1 aromatic heterocycles. The Hall–Kier alpha value is -3.27. The molecular weight excluding hydrogens is 388 g/mol. The van der Waals surface area contributed by atoms with E-state index in [0.717, 1.165) is 55.4 Å². The van der Waals surface area contributed by atoms with Crippen molar-refractivity contribution in [3.8, 4) is 11.5 Å². The molecule has 2 heterocycles. The first-order valence-electron chi connectivity index (χ1n) is 9.87. The molecule has 2 aromatic rings. The number of nitrogens with two attached hydrogens (primary N) is 2. The molecule has 2 aliphatic rings. The van der Waals surface area contributed by atoms with Crippen LogP contribution in [-0.2, 0) is 6.42 Å². The fraction of sp³-hybridized carbons (Fsp3) is 0.450. The molecule has 1 aliphatic heterocycles. The maximum Gasteiger partial charge on any atom is 0.339 e. The van der Waals surface area contributed by atoms with Crippen LogP contribution in [0.4, 0.5) is 17.6 Å². The van der Waals surface area contributed by atoms with Crippen LogP contribution in [0.3, 0.4) is 0 Å². The minimum Gasteiger partial charge on any atom is -0.508 e. The van der Waals surface area contributed by atoms with Crippen LogP contribution in [-0.4, -0.2) is 57.4 Å². The van der Waals surface area contributed by atoms with E-state index < -0.39 is 5.97 Å². The van der Waals surface area contributed by atoms with E-state index in [1.807, 2.05) is 7.05 Å². The molecule has 10 nitrogen and oxygen atoms in total. The predicted octanol–water partition coefficient (Wildman–Crippen LogP) is 1.19. The molecule has 0 unspecified atom stereocenters. The minimum atomic E-state index is -1.27. The van der Waals surface area contributed by atoms with E-state index in [-0.39, 0.29) is 23.0 Å². The van der Waals surface area contributed by atoms with Gasteiger partial charge in [0.15, 0.2) is 0 Å². The molecule has 1 atom stereocenters. The summed E-state index contributed by atoms with van der Waals surface area (Å²) in [6.07, 6.45) is 4.70. The molecule has 30 heavy (non-hydrogen) atoms. The smallest absolute Gasteiger partial charge is 0.339 e. The lowest BCUT2D eigenvalue weighted by molar-refractivity contribution is 0.0693. The second kappa shape index (κ2) is 9.04. The first-order valence-corrected chi connectivity index (χ1v) is 9.87. The topological polar surface area (TPSA) is 171 Å². The minimum absolute atomic E-state index is 0.180. The number of phenols is 2. The number of aromatic nitrogens is 2. The number of hydrogen-bond donors (Lipinski definition) is 6. The molecule has 1 aliphatic carbocycles. The summed E-state index contributed by atoms with van der Waals surface area (Å²) in [6.45, 7) is 1.96. The Labute approximate surface area is 174 Å². The molecule has 162 valence electrons. The van der Waals surface area contributed by atoms with Crippen molar-refractivity contribution in [3.05, 3.63) is 29.3 Å². The number of carboxylic acids is 1. The zero-order valence-corrected chi connectivity index (χ0v) is 16.9. The highest BCUT2D eigenvalue weighted by molar-refractivity contribution is 5.91. The molecule has 4 rings (SSSR count). The van der Waals surface area contributed by atoms with E-state index >= 15 is 0 Å². The van der Waals surface area contributed by atoms with Gasteiger partial charge in [-0.1, -0.05) is 0 Å². The number of benzene rings is 1. The molecule has 10 heteroatoms. The number of nitrogens with one attached hydrogen (secondary N) is 1. The van der Waals surface area contributed by atoms with Gasteiger partial charge in [-0.2, -0.15) is 9.97 Å². The normalized spacial score (nSPS) is 18.0. The van der Waals surface area contributed by atoms with Gasteiger partial charge in [-0.05, 0) is 56.8 Å². The lowest BCUT2D eigenvalue weighted by Crippen LogP contribution is -2.30. The Morgan fingerprint density at radius 1 is 1.23 bits per heavy atom. The van der Waals surface area contributed by atoms with E-state index in [9.17, 15) is 4.79 Å². The van der Waals surface area contributed by atoms with Crippen molar-refractivity contribution in [2.24, 2.45) is 5.92 Å². The summed E-state index contributed by atoms with van der Waals surface area (Å²) in [5.41, 5.74) is 12.6. The highest BCUT2D eigenvalue weighted by Gasteiger charge is 2.29. The Morgan fingerprint density at radius 3 is 2.53 bits per heavy atom. The first kappa shape index (κ1) is 21.4. The number of hydrogen-bond acceptors (Lipinski definition) is 9. The van der Waals surface area contributed by atoms with Crippen LogP contribution in [0.2, 0.25) is 0 Å². The van der Waals surface area contributed by atoms with Crippen LogP contribution in [0, 0.1) is 5.92 Å². The van der Waals surface area contributed by atoms with Crippen LogP contribution in [0.15, 0.2) is 18.2 Å².